The molecule has 0 amide bonds. The predicted octanol–water partition coefficient (Wildman–Crippen LogP) is 2.06. The Morgan fingerprint density at radius 3 is 2.62 bits per heavy atom. The van der Waals surface area contributed by atoms with Crippen LogP contribution >= 0.6 is 0 Å². The first-order valence-corrected chi connectivity index (χ1v) is 7.23. The van der Waals surface area contributed by atoms with E-state index in [9.17, 15) is 4.79 Å². The Labute approximate surface area is 123 Å². The summed E-state index contributed by atoms with van der Waals surface area (Å²) in [6, 6.07) is 5.46. The van der Waals surface area contributed by atoms with E-state index in [0.29, 0.717) is 24.7 Å². The third-order valence-electron chi connectivity index (χ3n) is 3.85. The number of ether oxygens (including phenoxy) is 1. The Kier molecular flexibility index (Phi) is 3.65. The summed E-state index contributed by atoms with van der Waals surface area (Å²) in [5, 5.41) is 18.1. The van der Waals surface area contributed by atoms with E-state index >= 15 is 0 Å². The molecule has 0 bridgehead atoms. The first kappa shape index (κ1) is 13.7. The molecule has 1 N–H and O–H groups in total. The van der Waals surface area contributed by atoms with Gasteiger partial charge in [-0.1, -0.05) is 0 Å². The van der Waals surface area contributed by atoms with Crippen LogP contribution in [-0.2, 0) is 0 Å². The van der Waals surface area contributed by atoms with Crippen molar-refractivity contribution < 1.29 is 14.6 Å². The fourth-order valence-electron chi connectivity index (χ4n) is 2.46. The van der Waals surface area contributed by atoms with Gasteiger partial charge >= 0.3 is 5.97 Å². The van der Waals surface area contributed by atoms with Crippen molar-refractivity contribution in [2.75, 3.05) is 18.0 Å². The number of carboxylic acid groups (broad SMARTS) is 1. The first-order valence-electron chi connectivity index (χ1n) is 7.23. The molecule has 1 saturated heterocycles. The minimum Gasteiger partial charge on any atom is -0.487 e. The maximum atomic E-state index is 11.1. The van der Waals surface area contributed by atoms with Crippen molar-refractivity contribution in [3.63, 3.8) is 0 Å². The molecule has 2 aliphatic rings. The van der Waals surface area contributed by atoms with E-state index in [4.69, 9.17) is 15.1 Å². The summed E-state index contributed by atoms with van der Waals surface area (Å²) < 4.78 is 5.84. The Balaban J connectivity index is 1.84. The van der Waals surface area contributed by atoms with Gasteiger partial charge < -0.3 is 14.7 Å². The third-order valence-corrected chi connectivity index (χ3v) is 3.85. The molecule has 6 heteroatoms. The van der Waals surface area contributed by atoms with E-state index in [0.717, 1.165) is 25.7 Å². The van der Waals surface area contributed by atoms with Gasteiger partial charge in [-0.25, -0.2) is 9.78 Å². The van der Waals surface area contributed by atoms with Crippen molar-refractivity contribution in [1.82, 2.24) is 4.98 Å². The molecule has 0 atom stereocenters. The van der Waals surface area contributed by atoms with Crippen molar-refractivity contribution in [2.45, 2.75) is 31.8 Å². The molecule has 1 aliphatic carbocycles. The number of hydrogen-bond acceptors (Lipinski definition) is 5. The van der Waals surface area contributed by atoms with Gasteiger partial charge in [-0.05, 0) is 37.8 Å². The maximum absolute atomic E-state index is 11.1. The highest BCUT2D eigenvalue weighted by Crippen LogP contribution is 2.34. The number of nitrogens with zero attached hydrogens (tertiary/aromatic N) is 3. The van der Waals surface area contributed by atoms with Crippen LogP contribution < -0.4 is 9.64 Å². The maximum Gasteiger partial charge on any atom is 0.354 e. The number of piperidine rings is 1. The van der Waals surface area contributed by atoms with Crippen LogP contribution in [0.2, 0.25) is 0 Å². The van der Waals surface area contributed by atoms with Gasteiger partial charge in [0.2, 0.25) is 0 Å². The Hall–Kier alpha value is -2.29. The predicted molar refractivity (Wildman–Crippen MR) is 75.4 cm³/mol. The largest absolute Gasteiger partial charge is 0.487 e. The number of pyridine rings is 1. The molecule has 6 nitrogen and oxygen atoms in total. The van der Waals surface area contributed by atoms with Crippen molar-refractivity contribution in [3.8, 4) is 11.8 Å². The van der Waals surface area contributed by atoms with Gasteiger partial charge in [0.25, 0.3) is 0 Å². The molecule has 0 aromatic carbocycles. The number of anilines is 1. The van der Waals surface area contributed by atoms with Crippen molar-refractivity contribution >= 4 is 11.8 Å². The molecule has 0 radical (unpaired) electrons. The second kappa shape index (κ2) is 5.60. The monoisotopic (exact) mass is 287 g/mol. The molecule has 1 aliphatic heterocycles. The van der Waals surface area contributed by atoms with Crippen LogP contribution in [0, 0.1) is 17.2 Å². The smallest absolute Gasteiger partial charge is 0.354 e. The lowest BCUT2D eigenvalue weighted by atomic mass is 9.98. The molecule has 1 aromatic heterocycles. The summed E-state index contributed by atoms with van der Waals surface area (Å²) in [7, 11) is 0. The zero-order valence-corrected chi connectivity index (χ0v) is 11.7. The van der Waals surface area contributed by atoms with Gasteiger partial charge in [-0.3, -0.25) is 0 Å². The van der Waals surface area contributed by atoms with Crippen molar-refractivity contribution in [1.29, 1.82) is 5.26 Å². The summed E-state index contributed by atoms with van der Waals surface area (Å²) in [5.41, 5.74) is 0.0237. The summed E-state index contributed by atoms with van der Waals surface area (Å²) in [5.74, 6) is 0.286. The number of carbonyl (C=O) groups is 1. The fourth-order valence-corrected chi connectivity index (χ4v) is 2.46. The lowest BCUT2D eigenvalue weighted by molar-refractivity contribution is 0.0690. The SMILES string of the molecule is N#CC1CCN(c2nc(C(=O)O)ccc2OC2CC2)CC1. The zero-order valence-electron chi connectivity index (χ0n) is 11.7. The van der Waals surface area contributed by atoms with Gasteiger partial charge in [0.05, 0.1) is 12.2 Å². The quantitative estimate of drug-likeness (QED) is 0.912. The Morgan fingerprint density at radius 1 is 1.33 bits per heavy atom. The van der Waals surface area contributed by atoms with Crippen molar-refractivity contribution in [2.24, 2.45) is 5.92 Å². The molecular formula is C15H17N3O3. The number of rotatable bonds is 4. The normalized spacial score (nSPS) is 19.1. The number of carboxylic acids is 1. The van der Waals surface area contributed by atoms with Gasteiger partial charge in [0.15, 0.2) is 17.3 Å². The number of aromatic nitrogens is 1. The number of nitriles is 1. The van der Waals surface area contributed by atoms with E-state index in [-0.39, 0.29) is 17.7 Å². The summed E-state index contributed by atoms with van der Waals surface area (Å²) in [6.45, 7) is 1.41. The highest BCUT2D eigenvalue weighted by atomic mass is 16.5. The highest BCUT2D eigenvalue weighted by Gasteiger charge is 2.28. The van der Waals surface area contributed by atoms with Crippen LogP contribution in [0.4, 0.5) is 5.82 Å². The molecule has 110 valence electrons. The van der Waals surface area contributed by atoms with E-state index in [1.54, 1.807) is 6.07 Å². The molecule has 21 heavy (non-hydrogen) atoms. The van der Waals surface area contributed by atoms with Gasteiger partial charge in [-0.15, -0.1) is 0 Å². The van der Waals surface area contributed by atoms with E-state index in [2.05, 4.69) is 11.1 Å². The average Bonchev–Trinajstić information content (AvgIpc) is 3.31. The van der Waals surface area contributed by atoms with Crippen LogP contribution in [0.25, 0.3) is 0 Å². The first-order chi connectivity index (χ1) is 10.2. The summed E-state index contributed by atoms with van der Waals surface area (Å²) >= 11 is 0. The van der Waals surface area contributed by atoms with Gasteiger partial charge in [-0.2, -0.15) is 5.26 Å². The van der Waals surface area contributed by atoms with Gasteiger partial charge in [0, 0.05) is 19.0 Å². The van der Waals surface area contributed by atoms with E-state index in [1.807, 2.05) is 4.90 Å². The lowest BCUT2D eigenvalue weighted by Crippen LogP contribution is -2.34. The molecule has 3 rings (SSSR count). The average molecular weight is 287 g/mol. The number of hydrogen-bond donors (Lipinski definition) is 1. The molecule has 2 fully saturated rings. The minimum absolute atomic E-state index is 0.0237. The Bertz CT molecular complexity index is 584. The standard InChI is InChI=1S/C15H17N3O3/c16-9-10-5-7-18(8-6-10)14-13(21-11-1-2-11)4-3-12(17-14)15(19)20/h3-4,10-11H,1-2,5-8H2,(H,19,20). The topological polar surface area (TPSA) is 86.5 Å². The molecule has 0 spiro atoms. The second-order valence-electron chi connectivity index (χ2n) is 5.53. The molecule has 1 aromatic rings. The molecule has 0 unspecified atom stereocenters. The summed E-state index contributed by atoms with van der Waals surface area (Å²) in [4.78, 5) is 17.4. The van der Waals surface area contributed by atoms with E-state index in [1.165, 1.54) is 6.07 Å². The van der Waals surface area contributed by atoms with Gasteiger partial charge in [0.1, 0.15) is 0 Å². The molecular weight excluding hydrogens is 270 g/mol. The van der Waals surface area contributed by atoms with Crippen LogP contribution in [0.5, 0.6) is 5.75 Å². The van der Waals surface area contributed by atoms with Crippen LogP contribution in [0.15, 0.2) is 12.1 Å². The van der Waals surface area contributed by atoms with Crippen LogP contribution in [-0.4, -0.2) is 35.3 Å². The van der Waals surface area contributed by atoms with Crippen LogP contribution in [0.3, 0.4) is 0 Å². The fraction of sp³-hybridized carbons (Fsp3) is 0.533. The molecule has 1 saturated carbocycles. The minimum atomic E-state index is -1.04. The second-order valence-corrected chi connectivity index (χ2v) is 5.53. The molecule has 2 heterocycles. The number of aromatic carboxylic acids is 1. The lowest BCUT2D eigenvalue weighted by Gasteiger charge is -2.31. The van der Waals surface area contributed by atoms with Crippen LogP contribution in [0.1, 0.15) is 36.2 Å². The van der Waals surface area contributed by atoms with E-state index < -0.39 is 5.97 Å². The zero-order chi connectivity index (χ0) is 14.8. The Morgan fingerprint density at radius 2 is 2.05 bits per heavy atom. The highest BCUT2D eigenvalue weighted by molar-refractivity contribution is 5.86. The summed E-state index contributed by atoms with van der Waals surface area (Å²) in [6.07, 6.45) is 3.86. The van der Waals surface area contributed by atoms with Crippen molar-refractivity contribution in [3.05, 3.63) is 17.8 Å². The third kappa shape index (κ3) is 3.07.